The molecule has 0 radical (unpaired) electrons. The van der Waals surface area contributed by atoms with Crippen LogP contribution in [0.2, 0.25) is 0 Å². The molecule has 0 amide bonds. The van der Waals surface area contributed by atoms with Crippen molar-refractivity contribution in [3.8, 4) is 17.1 Å². The van der Waals surface area contributed by atoms with E-state index in [1.54, 1.807) is 12.1 Å². The van der Waals surface area contributed by atoms with Gasteiger partial charge < -0.3 is 4.74 Å². The van der Waals surface area contributed by atoms with E-state index < -0.39 is 12.3 Å². The molecular weight excluding hydrogens is 430 g/mol. The highest BCUT2D eigenvalue weighted by molar-refractivity contribution is 5.55. The van der Waals surface area contributed by atoms with Gasteiger partial charge in [0.1, 0.15) is 18.5 Å². The summed E-state index contributed by atoms with van der Waals surface area (Å²) in [6.45, 7) is 4.04. The molecule has 190 valence electrons. The Morgan fingerprint density at radius 1 is 0.706 bits per heavy atom. The normalized spacial score (nSPS) is 13.1. The van der Waals surface area contributed by atoms with Gasteiger partial charge >= 0.3 is 0 Å². The van der Waals surface area contributed by atoms with E-state index in [0.717, 1.165) is 24.8 Å². The van der Waals surface area contributed by atoms with Gasteiger partial charge in [0, 0.05) is 18.0 Å². The number of halogens is 2. The third-order valence-corrected chi connectivity index (χ3v) is 6.27. The lowest BCUT2D eigenvalue weighted by atomic mass is 10.1. The summed E-state index contributed by atoms with van der Waals surface area (Å²) in [6.07, 6.45) is 16.6. The zero-order valence-corrected chi connectivity index (χ0v) is 21.3. The van der Waals surface area contributed by atoms with Crippen LogP contribution in [0.3, 0.4) is 0 Å². The quantitative estimate of drug-likeness (QED) is 0.191. The van der Waals surface area contributed by atoms with Crippen molar-refractivity contribution in [1.29, 1.82) is 0 Å². The van der Waals surface area contributed by atoms with Crippen LogP contribution in [0, 0.1) is 0 Å². The first-order chi connectivity index (χ1) is 16.6. The monoisotopic (exact) mass is 474 g/mol. The van der Waals surface area contributed by atoms with Crippen LogP contribution in [0.15, 0.2) is 36.7 Å². The van der Waals surface area contributed by atoms with Crippen molar-refractivity contribution in [3.63, 3.8) is 0 Å². The van der Waals surface area contributed by atoms with Crippen LogP contribution in [-0.4, -0.2) is 28.9 Å². The third kappa shape index (κ3) is 11.4. The fraction of sp³-hybridized carbons (Fsp3) is 0.655. The van der Waals surface area contributed by atoms with Gasteiger partial charge in [0.2, 0.25) is 0 Å². The van der Waals surface area contributed by atoms with Crippen molar-refractivity contribution in [1.82, 2.24) is 9.97 Å². The first-order valence-electron chi connectivity index (χ1n) is 13.5. The molecule has 1 aromatic heterocycles. The number of ether oxygens (including phenoxy) is 1. The summed E-state index contributed by atoms with van der Waals surface area (Å²) < 4.78 is 33.3. The SMILES string of the molecule is CCCCCCCCCCCc1cnc(-c2ccc(OCC(F)C(F)CCCCC)cc2)nc1. The summed E-state index contributed by atoms with van der Waals surface area (Å²) in [5.41, 5.74) is 2.04. The fourth-order valence-electron chi connectivity index (χ4n) is 4.02. The lowest BCUT2D eigenvalue weighted by molar-refractivity contribution is 0.102. The Morgan fingerprint density at radius 3 is 1.88 bits per heavy atom. The van der Waals surface area contributed by atoms with Crippen molar-refractivity contribution in [2.24, 2.45) is 0 Å². The van der Waals surface area contributed by atoms with E-state index in [2.05, 4.69) is 16.9 Å². The van der Waals surface area contributed by atoms with Gasteiger partial charge in [0.15, 0.2) is 12.0 Å². The summed E-state index contributed by atoms with van der Waals surface area (Å²) in [7, 11) is 0. The predicted molar refractivity (Wildman–Crippen MR) is 138 cm³/mol. The minimum Gasteiger partial charge on any atom is -0.490 e. The molecule has 0 aliphatic carbocycles. The summed E-state index contributed by atoms with van der Waals surface area (Å²) in [5, 5.41) is 0. The lowest BCUT2D eigenvalue weighted by Gasteiger charge is -2.14. The van der Waals surface area contributed by atoms with Gasteiger partial charge in [-0.2, -0.15) is 0 Å². The maximum atomic E-state index is 14.0. The van der Waals surface area contributed by atoms with Gasteiger partial charge in [-0.3, -0.25) is 0 Å². The topological polar surface area (TPSA) is 35.0 Å². The van der Waals surface area contributed by atoms with E-state index in [9.17, 15) is 8.78 Å². The second kappa shape index (κ2) is 17.4. The molecular formula is C29H44F2N2O. The molecule has 2 aromatic rings. The molecule has 2 atom stereocenters. The summed E-state index contributed by atoms with van der Waals surface area (Å²) in [6, 6.07) is 7.22. The van der Waals surface area contributed by atoms with Gasteiger partial charge in [-0.1, -0.05) is 84.5 Å². The molecule has 0 saturated carbocycles. The third-order valence-electron chi connectivity index (χ3n) is 6.27. The van der Waals surface area contributed by atoms with E-state index in [4.69, 9.17) is 4.74 Å². The summed E-state index contributed by atoms with van der Waals surface area (Å²) in [4.78, 5) is 9.01. The number of nitrogens with zero attached hydrogens (tertiary/aromatic N) is 2. The van der Waals surface area contributed by atoms with Crippen LogP contribution in [0.1, 0.15) is 103 Å². The number of aryl methyl sites for hydroxylation is 1. The van der Waals surface area contributed by atoms with Crippen LogP contribution < -0.4 is 4.74 Å². The highest BCUT2D eigenvalue weighted by Crippen LogP contribution is 2.21. The van der Waals surface area contributed by atoms with E-state index in [1.807, 2.05) is 31.5 Å². The number of aromatic nitrogens is 2. The number of rotatable bonds is 19. The molecule has 2 rings (SSSR count). The zero-order chi connectivity index (χ0) is 24.4. The Balaban J connectivity index is 1.67. The number of alkyl halides is 2. The standard InChI is InChI=1S/C29H44F2N2O/c1-3-5-7-8-9-10-11-12-14-15-24-21-32-29(33-22-24)25-17-19-26(20-18-25)34-23-28(31)27(30)16-13-6-4-2/h17-22,27-28H,3-16,23H2,1-2H3. The summed E-state index contributed by atoms with van der Waals surface area (Å²) >= 11 is 0. The van der Waals surface area contributed by atoms with E-state index in [1.165, 1.54) is 63.4 Å². The Hall–Kier alpha value is -2.04. The second-order valence-corrected chi connectivity index (χ2v) is 9.36. The highest BCUT2D eigenvalue weighted by Gasteiger charge is 2.20. The van der Waals surface area contributed by atoms with Crippen LogP contribution in [0.4, 0.5) is 8.78 Å². The van der Waals surface area contributed by atoms with E-state index >= 15 is 0 Å². The Bertz CT molecular complexity index is 752. The van der Waals surface area contributed by atoms with E-state index in [-0.39, 0.29) is 13.0 Å². The molecule has 1 aromatic carbocycles. The molecule has 0 N–H and O–H groups in total. The maximum absolute atomic E-state index is 14.0. The molecule has 5 heteroatoms. The molecule has 0 saturated heterocycles. The van der Waals surface area contributed by atoms with Gasteiger partial charge in [-0.05, 0) is 49.1 Å². The van der Waals surface area contributed by atoms with Gasteiger partial charge in [0.25, 0.3) is 0 Å². The van der Waals surface area contributed by atoms with Crippen molar-refractivity contribution >= 4 is 0 Å². The summed E-state index contributed by atoms with van der Waals surface area (Å²) in [5.74, 6) is 1.18. The lowest BCUT2D eigenvalue weighted by Crippen LogP contribution is -2.24. The van der Waals surface area contributed by atoms with Crippen LogP contribution in [-0.2, 0) is 6.42 Å². The maximum Gasteiger partial charge on any atom is 0.165 e. The minimum atomic E-state index is -1.60. The van der Waals surface area contributed by atoms with Gasteiger partial charge in [-0.15, -0.1) is 0 Å². The first-order valence-corrected chi connectivity index (χ1v) is 13.5. The number of hydrogen-bond acceptors (Lipinski definition) is 3. The molecule has 2 unspecified atom stereocenters. The van der Waals surface area contributed by atoms with Crippen LogP contribution in [0.5, 0.6) is 5.75 Å². The van der Waals surface area contributed by atoms with Gasteiger partial charge in [-0.25, -0.2) is 18.7 Å². The number of unbranched alkanes of at least 4 members (excludes halogenated alkanes) is 10. The molecule has 34 heavy (non-hydrogen) atoms. The number of hydrogen-bond donors (Lipinski definition) is 0. The highest BCUT2D eigenvalue weighted by atomic mass is 19.2. The Labute approximate surface area is 205 Å². The average Bonchev–Trinajstić information content (AvgIpc) is 2.87. The van der Waals surface area contributed by atoms with Crippen LogP contribution in [0.25, 0.3) is 11.4 Å². The fourth-order valence-corrected chi connectivity index (χ4v) is 4.02. The van der Waals surface area contributed by atoms with E-state index in [0.29, 0.717) is 18.0 Å². The van der Waals surface area contributed by atoms with Gasteiger partial charge in [0.05, 0.1) is 0 Å². The average molecular weight is 475 g/mol. The molecule has 0 fully saturated rings. The zero-order valence-electron chi connectivity index (χ0n) is 21.3. The molecule has 0 spiro atoms. The van der Waals surface area contributed by atoms with Crippen molar-refractivity contribution in [2.75, 3.05) is 6.61 Å². The molecule has 0 aliphatic heterocycles. The van der Waals surface area contributed by atoms with Crippen molar-refractivity contribution < 1.29 is 13.5 Å². The largest absolute Gasteiger partial charge is 0.490 e. The molecule has 0 aliphatic rings. The molecule has 0 bridgehead atoms. The molecule has 1 heterocycles. The predicted octanol–water partition coefficient (Wildman–Crippen LogP) is 8.85. The van der Waals surface area contributed by atoms with Crippen molar-refractivity contribution in [3.05, 3.63) is 42.2 Å². The minimum absolute atomic E-state index is 0.254. The number of benzene rings is 1. The first kappa shape index (κ1) is 28.2. The van der Waals surface area contributed by atoms with Crippen LogP contribution >= 0.6 is 0 Å². The Morgan fingerprint density at radius 2 is 1.26 bits per heavy atom. The molecule has 3 nitrogen and oxygen atoms in total. The van der Waals surface area contributed by atoms with Crippen molar-refractivity contribution in [2.45, 2.75) is 116 Å². The smallest absolute Gasteiger partial charge is 0.165 e. The Kier molecular flexibility index (Phi) is 14.4. The second-order valence-electron chi connectivity index (χ2n) is 9.36.